The Kier molecular flexibility index (Phi) is 3.66. The number of halogens is 1. The van der Waals surface area contributed by atoms with Crippen molar-refractivity contribution in [3.63, 3.8) is 0 Å². The van der Waals surface area contributed by atoms with Crippen molar-refractivity contribution in [1.82, 2.24) is 15.2 Å². The number of H-pyrrole nitrogens is 1. The van der Waals surface area contributed by atoms with Crippen molar-refractivity contribution in [2.24, 2.45) is 0 Å². The van der Waals surface area contributed by atoms with Gasteiger partial charge in [0, 0.05) is 6.20 Å². The summed E-state index contributed by atoms with van der Waals surface area (Å²) >= 11 is 6.02. The van der Waals surface area contributed by atoms with Crippen molar-refractivity contribution in [2.75, 3.05) is 5.32 Å². The molecule has 21 heavy (non-hydrogen) atoms. The van der Waals surface area contributed by atoms with Crippen molar-refractivity contribution in [2.45, 2.75) is 0 Å². The number of pyridine rings is 1. The highest BCUT2D eigenvalue weighted by molar-refractivity contribution is 6.33. The molecule has 1 amide bonds. The molecule has 5 nitrogen and oxygen atoms in total. The first-order valence-corrected chi connectivity index (χ1v) is 6.64. The number of nitrogens with one attached hydrogen (secondary N) is 2. The molecule has 0 spiro atoms. The summed E-state index contributed by atoms with van der Waals surface area (Å²) < 4.78 is 0. The molecule has 1 aromatic carbocycles. The van der Waals surface area contributed by atoms with E-state index in [1.807, 2.05) is 0 Å². The third kappa shape index (κ3) is 2.93. The fraction of sp³-hybridized carbons (Fsp3) is 0. The van der Waals surface area contributed by atoms with Gasteiger partial charge in [0.25, 0.3) is 5.91 Å². The fourth-order valence-corrected chi connectivity index (χ4v) is 2.04. The van der Waals surface area contributed by atoms with Gasteiger partial charge in [-0.1, -0.05) is 29.8 Å². The van der Waals surface area contributed by atoms with Crippen molar-refractivity contribution in [3.05, 3.63) is 65.4 Å². The van der Waals surface area contributed by atoms with Crippen LogP contribution in [0.5, 0.6) is 0 Å². The monoisotopic (exact) mass is 298 g/mol. The summed E-state index contributed by atoms with van der Waals surface area (Å²) in [5.41, 5.74) is 2.27. The molecule has 0 saturated carbocycles. The Morgan fingerprint density at radius 2 is 1.95 bits per heavy atom. The third-order valence-electron chi connectivity index (χ3n) is 2.88. The van der Waals surface area contributed by atoms with Gasteiger partial charge in [-0.05, 0) is 30.3 Å². The number of nitrogens with zero attached hydrogens (tertiary/aromatic N) is 2. The summed E-state index contributed by atoms with van der Waals surface area (Å²) in [6.45, 7) is 0. The van der Waals surface area contributed by atoms with Gasteiger partial charge >= 0.3 is 0 Å². The molecule has 0 saturated heterocycles. The minimum atomic E-state index is -0.315. The molecule has 0 unspecified atom stereocenters. The summed E-state index contributed by atoms with van der Waals surface area (Å²) in [6, 6.07) is 14.1. The quantitative estimate of drug-likeness (QED) is 0.778. The number of amides is 1. The lowest BCUT2D eigenvalue weighted by Crippen LogP contribution is -2.14. The minimum Gasteiger partial charge on any atom is -0.319 e. The second-order valence-corrected chi connectivity index (χ2v) is 4.72. The zero-order chi connectivity index (χ0) is 14.7. The van der Waals surface area contributed by atoms with E-state index in [2.05, 4.69) is 20.5 Å². The maximum absolute atomic E-state index is 12.2. The molecule has 2 N–H and O–H groups in total. The van der Waals surface area contributed by atoms with E-state index in [-0.39, 0.29) is 5.91 Å². The maximum atomic E-state index is 12.2. The molecule has 0 aliphatic carbocycles. The molecule has 0 aliphatic heterocycles. The molecule has 3 rings (SSSR count). The first kappa shape index (κ1) is 13.3. The molecular weight excluding hydrogens is 288 g/mol. The van der Waals surface area contributed by atoms with E-state index in [9.17, 15) is 4.79 Å². The average Bonchev–Trinajstić information content (AvgIpc) is 3.04. The van der Waals surface area contributed by atoms with Gasteiger partial charge in [0.15, 0.2) is 0 Å². The first-order chi connectivity index (χ1) is 10.2. The average molecular weight is 299 g/mol. The van der Waals surface area contributed by atoms with Crippen molar-refractivity contribution < 1.29 is 4.79 Å². The summed E-state index contributed by atoms with van der Waals surface area (Å²) in [5.74, 6) is -0.315. The van der Waals surface area contributed by atoms with Crippen LogP contribution in [0, 0.1) is 0 Å². The Labute approximate surface area is 126 Å². The van der Waals surface area contributed by atoms with E-state index < -0.39 is 0 Å². The fourth-order valence-electron chi connectivity index (χ4n) is 1.86. The molecule has 3 aromatic rings. The van der Waals surface area contributed by atoms with Crippen LogP contribution in [-0.2, 0) is 0 Å². The first-order valence-electron chi connectivity index (χ1n) is 6.27. The molecule has 2 heterocycles. The molecule has 0 atom stereocenters. The zero-order valence-corrected chi connectivity index (χ0v) is 11.6. The predicted molar refractivity (Wildman–Crippen MR) is 81.2 cm³/mol. The zero-order valence-electron chi connectivity index (χ0n) is 10.9. The molecule has 6 heteroatoms. The number of para-hydroxylation sites is 1. The maximum Gasteiger partial charge on any atom is 0.274 e. The van der Waals surface area contributed by atoms with Crippen LogP contribution in [0.25, 0.3) is 11.4 Å². The highest BCUT2D eigenvalue weighted by Gasteiger charge is 2.11. The van der Waals surface area contributed by atoms with Crippen molar-refractivity contribution in [3.8, 4) is 11.4 Å². The highest BCUT2D eigenvalue weighted by atomic mass is 35.5. The smallest absolute Gasteiger partial charge is 0.274 e. The normalized spacial score (nSPS) is 10.3. The Balaban J connectivity index is 1.85. The van der Waals surface area contributed by atoms with Gasteiger partial charge in [0.05, 0.1) is 22.1 Å². The molecule has 0 fully saturated rings. The number of hydrogen-bond acceptors (Lipinski definition) is 3. The van der Waals surface area contributed by atoms with Gasteiger partial charge in [-0.3, -0.25) is 9.89 Å². The van der Waals surface area contributed by atoms with Gasteiger partial charge in [0.2, 0.25) is 0 Å². The Bertz CT molecular complexity index is 771. The van der Waals surface area contributed by atoms with Crippen molar-refractivity contribution >= 4 is 23.2 Å². The highest BCUT2D eigenvalue weighted by Crippen LogP contribution is 2.21. The van der Waals surface area contributed by atoms with Crippen LogP contribution < -0.4 is 5.32 Å². The second-order valence-electron chi connectivity index (χ2n) is 4.31. The standard InChI is InChI=1S/C15H11ClN4O/c16-10-4-1-2-5-11(10)19-15(21)14-7-3-6-12(18-14)13-8-9-17-20-13/h1-9H,(H,17,20)(H,19,21). The predicted octanol–water partition coefficient (Wildman–Crippen LogP) is 3.38. The van der Waals surface area contributed by atoms with Gasteiger partial charge in [0.1, 0.15) is 5.69 Å². The SMILES string of the molecule is O=C(Nc1ccccc1Cl)c1cccc(-c2ccn[nH]2)n1. The molecule has 2 aromatic heterocycles. The van der Waals surface area contributed by atoms with E-state index in [0.29, 0.717) is 22.1 Å². The van der Waals surface area contributed by atoms with Gasteiger partial charge in [-0.2, -0.15) is 5.10 Å². The van der Waals surface area contributed by atoms with Gasteiger partial charge in [-0.25, -0.2) is 4.98 Å². The van der Waals surface area contributed by atoms with E-state index in [1.165, 1.54) is 0 Å². The van der Waals surface area contributed by atoms with Crippen molar-refractivity contribution in [1.29, 1.82) is 0 Å². The lowest BCUT2D eigenvalue weighted by atomic mass is 10.2. The minimum absolute atomic E-state index is 0.307. The number of hydrogen-bond donors (Lipinski definition) is 2. The number of carbonyl (C=O) groups excluding carboxylic acids is 1. The number of aromatic amines is 1. The molecule has 0 aliphatic rings. The number of rotatable bonds is 3. The summed E-state index contributed by atoms with van der Waals surface area (Å²) in [6.07, 6.45) is 1.63. The van der Waals surface area contributed by atoms with Crippen LogP contribution in [0.2, 0.25) is 5.02 Å². The topological polar surface area (TPSA) is 70.7 Å². The molecule has 104 valence electrons. The van der Waals surface area contributed by atoms with Crippen LogP contribution >= 0.6 is 11.6 Å². The van der Waals surface area contributed by atoms with E-state index in [1.54, 1.807) is 54.7 Å². The largest absolute Gasteiger partial charge is 0.319 e. The summed E-state index contributed by atoms with van der Waals surface area (Å²) in [4.78, 5) is 16.5. The number of aromatic nitrogens is 3. The van der Waals surface area contributed by atoms with Crippen LogP contribution in [0.1, 0.15) is 10.5 Å². The van der Waals surface area contributed by atoms with Crippen LogP contribution in [-0.4, -0.2) is 21.1 Å². The van der Waals surface area contributed by atoms with Crippen LogP contribution in [0.3, 0.4) is 0 Å². The molecule has 0 bridgehead atoms. The summed E-state index contributed by atoms with van der Waals surface area (Å²) in [7, 11) is 0. The molecular formula is C15H11ClN4O. The number of anilines is 1. The van der Waals surface area contributed by atoms with Crippen LogP contribution in [0.15, 0.2) is 54.7 Å². The Morgan fingerprint density at radius 3 is 2.71 bits per heavy atom. The number of carbonyl (C=O) groups is 1. The Hall–Kier alpha value is -2.66. The van der Waals surface area contributed by atoms with Crippen LogP contribution in [0.4, 0.5) is 5.69 Å². The molecule has 0 radical (unpaired) electrons. The third-order valence-corrected chi connectivity index (χ3v) is 3.21. The second kappa shape index (κ2) is 5.76. The van der Waals surface area contributed by atoms with Gasteiger partial charge < -0.3 is 5.32 Å². The lowest BCUT2D eigenvalue weighted by molar-refractivity contribution is 0.102. The van der Waals surface area contributed by atoms with E-state index in [0.717, 1.165) is 5.69 Å². The van der Waals surface area contributed by atoms with Gasteiger partial charge in [-0.15, -0.1) is 0 Å². The van der Waals surface area contributed by atoms with E-state index in [4.69, 9.17) is 11.6 Å². The number of benzene rings is 1. The lowest BCUT2D eigenvalue weighted by Gasteiger charge is -2.07. The summed E-state index contributed by atoms with van der Waals surface area (Å²) in [5, 5.41) is 9.90. The Morgan fingerprint density at radius 1 is 1.10 bits per heavy atom. The van der Waals surface area contributed by atoms with E-state index >= 15 is 0 Å².